The molecule has 0 bridgehead atoms. The molecule has 1 amide bonds. The highest BCUT2D eigenvalue weighted by molar-refractivity contribution is 5.94. The minimum atomic E-state index is -0.445. The molecule has 0 fully saturated rings. The van der Waals surface area contributed by atoms with E-state index in [4.69, 9.17) is 4.52 Å². The van der Waals surface area contributed by atoms with Crippen molar-refractivity contribution in [1.29, 1.82) is 0 Å². The molecule has 6 heteroatoms. The molecular formula is C18H16FN3O2. The first-order valence-corrected chi connectivity index (χ1v) is 7.56. The third-order valence-electron chi connectivity index (χ3n) is 3.45. The van der Waals surface area contributed by atoms with Crippen LogP contribution >= 0.6 is 0 Å². The topological polar surface area (TPSA) is 68.0 Å². The maximum absolute atomic E-state index is 13.2. The summed E-state index contributed by atoms with van der Waals surface area (Å²) in [5.41, 5.74) is 1.14. The van der Waals surface area contributed by atoms with Gasteiger partial charge < -0.3 is 9.84 Å². The molecule has 1 atom stereocenters. The van der Waals surface area contributed by atoms with Gasteiger partial charge in [0, 0.05) is 23.6 Å². The summed E-state index contributed by atoms with van der Waals surface area (Å²) in [5.74, 6) is 0.152. The van der Waals surface area contributed by atoms with Gasteiger partial charge in [-0.2, -0.15) is 4.98 Å². The standard InChI is InChI=1S/C18H16FN3O2/c1-12(20-18(23)14-8-5-9-15(19)11-14)10-16-21-17(22-24-16)13-6-3-2-4-7-13/h2-9,11-12H,10H2,1H3,(H,20,23). The van der Waals surface area contributed by atoms with E-state index in [1.807, 2.05) is 37.3 Å². The van der Waals surface area contributed by atoms with Crippen molar-refractivity contribution in [3.8, 4) is 11.4 Å². The second-order valence-corrected chi connectivity index (χ2v) is 5.47. The van der Waals surface area contributed by atoms with E-state index in [9.17, 15) is 9.18 Å². The largest absolute Gasteiger partial charge is 0.349 e. The van der Waals surface area contributed by atoms with E-state index in [1.165, 1.54) is 18.2 Å². The number of aromatic nitrogens is 2. The van der Waals surface area contributed by atoms with Crippen molar-refractivity contribution in [2.45, 2.75) is 19.4 Å². The number of nitrogens with one attached hydrogen (secondary N) is 1. The molecule has 2 aromatic carbocycles. The first-order chi connectivity index (χ1) is 11.6. The van der Waals surface area contributed by atoms with Gasteiger partial charge in [-0.15, -0.1) is 0 Å². The van der Waals surface area contributed by atoms with Crippen LogP contribution in [0.3, 0.4) is 0 Å². The van der Waals surface area contributed by atoms with E-state index in [-0.39, 0.29) is 17.5 Å². The Morgan fingerprint density at radius 1 is 1.21 bits per heavy atom. The van der Waals surface area contributed by atoms with Gasteiger partial charge in [0.2, 0.25) is 11.7 Å². The summed E-state index contributed by atoms with van der Waals surface area (Å²) in [4.78, 5) is 16.4. The molecule has 122 valence electrons. The normalized spacial score (nSPS) is 11.9. The van der Waals surface area contributed by atoms with E-state index < -0.39 is 5.82 Å². The van der Waals surface area contributed by atoms with Crippen molar-refractivity contribution in [3.63, 3.8) is 0 Å². The fraction of sp³-hybridized carbons (Fsp3) is 0.167. The van der Waals surface area contributed by atoms with E-state index in [0.29, 0.717) is 18.1 Å². The van der Waals surface area contributed by atoms with Gasteiger partial charge in [0.1, 0.15) is 5.82 Å². The Balaban J connectivity index is 1.62. The molecule has 0 spiro atoms. The molecule has 5 nitrogen and oxygen atoms in total. The van der Waals surface area contributed by atoms with Crippen LogP contribution in [0.2, 0.25) is 0 Å². The minimum absolute atomic E-state index is 0.232. The maximum atomic E-state index is 13.2. The Labute approximate surface area is 138 Å². The number of nitrogens with zero attached hydrogens (tertiary/aromatic N) is 2. The molecule has 24 heavy (non-hydrogen) atoms. The zero-order chi connectivity index (χ0) is 16.9. The van der Waals surface area contributed by atoms with E-state index >= 15 is 0 Å². The third-order valence-corrected chi connectivity index (χ3v) is 3.45. The second-order valence-electron chi connectivity index (χ2n) is 5.47. The monoisotopic (exact) mass is 325 g/mol. The molecule has 3 aromatic rings. The van der Waals surface area contributed by atoms with Gasteiger partial charge in [0.05, 0.1) is 0 Å². The zero-order valence-electron chi connectivity index (χ0n) is 13.1. The highest BCUT2D eigenvalue weighted by Crippen LogP contribution is 2.15. The number of carbonyl (C=O) groups excluding carboxylic acids is 1. The molecule has 1 unspecified atom stereocenters. The number of rotatable bonds is 5. The van der Waals surface area contributed by atoms with Crippen molar-refractivity contribution in [3.05, 3.63) is 71.9 Å². The Morgan fingerprint density at radius 2 is 2.00 bits per heavy atom. The number of hydrogen-bond acceptors (Lipinski definition) is 4. The predicted molar refractivity (Wildman–Crippen MR) is 86.8 cm³/mol. The van der Waals surface area contributed by atoms with Crippen LogP contribution in [0, 0.1) is 5.82 Å². The number of halogens is 1. The number of carbonyl (C=O) groups is 1. The van der Waals surface area contributed by atoms with Crippen LogP contribution in [0.5, 0.6) is 0 Å². The number of amides is 1. The fourth-order valence-electron chi connectivity index (χ4n) is 2.29. The van der Waals surface area contributed by atoms with E-state index in [2.05, 4.69) is 15.5 Å². The summed E-state index contributed by atoms with van der Waals surface area (Å²) in [6, 6.07) is 14.8. The SMILES string of the molecule is CC(Cc1nc(-c2ccccc2)no1)NC(=O)c1cccc(F)c1. The Bertz CT molecular complexity index is 833. The summed E-state index contributed by atoms with van der Waals surface area (Å²) in [6.45, 7) is 1.82. The van der Waals surface area contributed by atoms with Gasteiger partial charge in [-0.25, -0.2) is 4.39 Å². The zero-order valence-corrected chi connectivity index (χ0v) is 13.1. The summed E-state index contributed by atoms with van der Waals surface area (Å²) in [6.07, 6.45) is 0.390. The number of benzene rings is 2. The first-order valence-electron chi connectivity index (χ1n) is 7.56. The van der Waals surface area contributed by atoms with Crippen molar-refractivity contribution in [2.24, 2.45) is 0 Å². The van der Waals surface area contributed by atoms with Crippen molar-refractivity contribution >= 4 is 5.91 Å². The van der Waals surface area contributed by atoms with Gasteiger partial charge in [0.25, 0.3) is 5.91 Å². The first kappa shape index (κ1) is 15.9. The highest BCUT2D eigenvalue weighted by atomic mass is 19.1. The molecule has 1 aromatic heterocycles. The van der Waals surface area contributed by atoms with Gasteiger partial charge in [-0.3, -0.25) is 4.79 Å². The summed E-state index contributed by atoms with van der Waals surface area (Å²) < 4.78 is 18.4. The third kappa shape index (κ3) is 3.84. The summed E-state index contributed by atoms with van der Waals surface area (Å²) in [7, 11) is 0. The van der Waals surface area contributed by atoms with Gasteiger partial charge >= 0.3 is 0 Å². The number of hydrogen-bond donors (Lipinski definition) is 1. The van der Waals surface area contributed by atoms with Crippen molar-refractivity contribution in [2.75, 3.05) is 0 Å². The van der Waals surface area contributed by atoms with Crippen LogP contribution < -0.4 is 5.32 Å². The second kappa shape index (κ2) is 7.04. The molecule has 0 aliphatic rings. The highest BCUT2D eigenvalue weighted by Gasteiger charge is 2.15. The Kier molecular flexibility index (Phi) is 4.65. The summed E-state index contributed by atoms with van der Waals surface area (Å²) >= 11 is 0. The lowest BCUT2D eigenvalue weighted by atomic mass is 10.1. The molecule has 3 rings (SSSR count). The molecule has 1 heterocycles. The molecule has 0 aliphatic carbocycles. The smallest absolute Gasteiger partial charge is 0.251 e. The van der Waals surface area contributed by atoms with Crippen molar-refractivity contribution in [1.82, 2.24) is 15.5 Å². The van der Waals surface area contributed by atoms with E-state index in [1.54, 1.807) is 6.07 Å². The minimum Gasteiger partial charge on any atom is -0.349 e. The molecule has 0 saturated heterocycles. The lowest BCUT2D eigenvalue weighted by molar-refractivity contribution is 0.0938. The molecule has 0 aliphatic heterocycles. The van der Waals surface area contributed by atoms with Gasteiger partial charge in [0.15, 0.2) is 0 Å². The Morgan fingerprint density at radius 3 is 2.75 bits per heavy atom. The van der Waals surface area contributed by atoms with E-state index in [0.717, 1.165) is 5.56 Å². The van der Waals surface area contributed by atoms with Gasteiger partial charge in [-0.05, 0) is 25.1 Å². The van der Waals surface area contributed by atoms with Crippen LogP contribution in [0.25, 0.3) is 11.4 Å². The predicted octanol–water partition coefficient (Wildman–Crippen LogP) is 3.24. The molecule has 1 N–H and O–H groups in total. The molecule has 0 saturated carbocycles. The molecule has 0 radical (unpaired) electrons. The van der Waals surface area contributed by atoms with Crippen LogP contribution in [-0.2, 0) is 6.42 Å². The summed E-state index contributed by atoms with van der Waals surface area (Å²) in [5, 5.41) is 6.73. The maximum Gasteiger partial charge on any atom is 0.251 e. The van der Waals surface area contributed by atoms with Crippen LogP contribution in [0.15, 0.2) is 59.1 Å². The average Bonchev–Trinajstić information content (AvgIpc) is 3.04. The van der Waals surface area contributed by atoms with Crippen LogP contribution in [-0.4, -0.2) is 22.1 Å². The van der Waals surface area contributed by atoms with Gasteiger partial charge in [-0.1, -0.05) is 41.6 Å². The lowest BCUT2D eigenvalue weighted by Crippen LogP contribution is -2.34. The lowest BCUT2D eigenvalue weighted by Gasteiger charge is -2.11. The average molecular weight is 325 g/mol. The van der Waals surface area contributed by atoms with Crippen LogP contribution in [0.4, 0.5) is 4.39 Å². The van der Waals surface area contributed by atoms with Crippen LogP contribution in [0.1, 0.15) is 23.2 Å². The quantitative estimate of drug-likeness (QED) is 0.782. The fourth-order valence-corrected chi connectivity index (χ4v) is 2.29. The Hall–Kier alpha value is -3.02. The van der Waals surface area contributed by atoms with Crippen molar-refractivity contribution < 1.29 is 13.7 Å². The molecular weight excluding hydrogens is 309 g/mol.